The summed E-state index contributed by atoms with van der Waals surface area (Å²) in [5.74, 6) is -0.0698. The van der Waals surface area contributed by atoms with Crippen LogP contribution in [0.1, 0.15) is 12.0 Å². The fourth-order valence-corrected chi connectivity index (χ4v) is 2.72. The maximum absolute atomic E-state index is 11.9. The lowest BCUT2D eigenvalue weighted by atomic mass is 10.1. The third-order valence-electron chi connectivity index (χ3n) is 3.06. The Morgan fingerprint density at radius 3 is 2.73 bits per heavy atom. The summed E-state index contributed by atoms with van der Waals surface area (Å²) >= 11 is 1.37. The number of benzene rings is 1. The molecule has 0 fully saturated rings. The van der Waals surface area contributed by atoms with Crippen LogP contribution in [0.25, 0.3) is 10.6 Å². The van der Waals surface area contributed by atoms with Gasteiger partial charge in [-0.1, -0.05) is 47.7 Å². The van der Waals surface area contributed by atoms with Gasteiger partial charge in [0.2, 0.25) is 11.0 Å². The summed E-state index contributed by atoms with van der Waals surface area (Å²) in [7, 11) is 0. The number of amides is 1. The van der Waals surface area contributed by atoms with Crippen LogP contribution in [0.3, 0.4) is 0 Å². The lowest BCUT2D eigenvalue weighted by Crippen LogP contribution is -2.12. The minimum Gasteiger partial charge on any atom is -0.301 e. The van der Waals surface area contributed by atoms with Crippen LogP contribution in [0.4, 0.5) is 5.13 Å². The molecule has 1 amide bonds. The number of nitrogens with zero attached hydrogens (tertiary/aromatic N) is 3. The van der Waals surface area contributed by atoms with Gasteiger partial charge in [0.05, 0.1) is 0 Å². The molecule has 110 valence electrons. The second-order valence-corrected chi connectivity index (χ2v) is 5.67. The van der Waals surface area contributed by atoms with E-state index in [1.165, 1.54) is 11.3 Å². The first kappa shape index (κ1) is 14.3. The highest BCUT2D eigenvalue weighted by molar-refractivity contribution is 7.18. The van der Waals surface area contributed by atoms with Gasteiger partial charge in [-0.2, -0.15) is 0 Å². The van der Waals surface area contributed by atoms with Crippen molar-refractivity contribution >= 4 is 22.4 Å². The van der Waals surface area contributed by atoms with Gasteiger partial charge in [-0.25, -0.2) is 0 Å². The van der Waals surface area contributed by atoms with E-state index in [1.807, 2.05) is 42.5 Å². The maximum atomic E-state index is 11.9. The number of pyridine rings is 1. The summed E-state index contributed by atoms with van der Waals surface area (Å²) in [6, 6.07) is 13.6. The normalized spacial score (nSPS) is 10.4. The Morgan fingerprint density at radius 1 is 1.09 bits per heavy atom. The highest BCUT2D eigenvalue weighted by atomic mass is 32.1. The molecular weight excluding hydrogens is 296 g/mol. The molecular formula is C16H14N4OS. The van der Waals surface area contributed by atoms with Gasteiger partial charge in [-0.05, 0) is 18.1 Å². The molecule has 0 bridgehead atoms. The summed E-state index contributed by atoms with van der Waals surface area (Å²) in [5, 5.41) is 12.2. The molecule has 0 spiro atoms. The van der Waals surface area contributed by atoms with Crippen LogP contribution in [0.2, 0.25) is 0 Å². The lowest BCUT2D eigenvalue weighted by molar-refractivity contribution is -0.116. The molecule has 22 heavy (non-hydrogen) atoms. The van der Waals surface area contributed by atoms with Gasteiger partial charge in [-0.3, -0.25) is 9.78 Å². The third kappa shape index (κ3) is 3.73. The molecule has 1 N–H and O–H groups in total. The van der Waals surface area contributed by atoms with E-state index in [4.69, 9.17) is 0 Å². The largest absolute Gasteiger partial charge is 0.301 e. The molecule has 0 saturated heterocycles. The van der Waals surface area contributed by atoms with E-state index in [0.717, 1.165) is 16.1 Å². The first-order chi connectivity index (χ1) is 10.8. The van der Waals surface area contributed by atoms with Gasteiger partial charge < -0.3 is 5.32 Å². The van der Waals surface area contributed by atoms with Crippen LogP contribution in [0, 0.1) is 0 Å². The van der Waals surface area contributed by atoms with Crippen molar-refractivity contribution in [1.29, 1.82) is 0 Å². The lowest BCUT2D eigenvalue weighted by Gasteiger charge is -2.01. The monoisotopic (exact) mass is 310 g/mol. The summed E-state index contributed by atoms with van der Waals surface area (Å²) in [6.45, 7) is 0. The molecule has 0 aliphatic rings. The van der Waals surface area contributed by atoms with E-state index in [2.05, 4.69) is 20.5 Å². The molecule has 1 aromatic carbocycles. The molecule has 0 atom stereocenters. The molecule has 0 aliphatic heterocycles. The number of aromatic nitrogens is 3. The number of rotatable bonds is 5. The van der Waals surface area contributed by atoms with Crippen LogP contribution >= 0.6 is 11.3 Å². The van der Waals surface area contributed by atoms with Crippen LogP contribution in [-0.2, 0) is 11.2 Å². The molecule has 3 rings (SSSR count). The topological polar surface area (TPSA) is 67.8 Å². The van der Waals surface area contributed by atoms with E-state index in [9.17, 15) is 4.79 Å². The number of carbonyl (C=O) groups is 1. The van der Waals surface area contributed by atoms with Crippen molar-refractivity contribution < 1.29 is 4.79 Å². The zero-order valence-electron chi connectivity index (χ0n) is 11.8. The fourth-order valence-electron chi connectivity index (χ4n) is 1.96. The Kier molecular flexibility index (Phi) is 4.50. The van der Waals surface area contributed by atoms with E-state index < -0.39 is 0 Å². The Labute approximate surface area is 132 Å². The molecule has 3 aromatic rings. The zero-order valence-corrected chi connectivity index (χ0v) is 12.6. The number of carbonyl (C=O) groups excluding carboxylic acids is 1. The van der Waals surface area contributed by atoms with Crippen molar-refractivity contribution in [2.75, 3.05) is 5.32 Å². The van der Waals surface area contributed by atoms with Gasteiger partial charge >= 0.3 is 0 Å². The average Bonchev–Trinajstić information content (AvgIpc) is 3.03. The van der Waals surface area contributed by atoms with Gasteiger partial charge in [0.25, 0.3) is 0 Å². The molecule has 2 aromatic heterocycles. The average molecular weight is 310 g/mol. The third-order valence-corrected chi connectivity index (χ3v) is 3.94. The van der Waals surface area contributed by atoms with Crippen molar-refractivity contribution in [1.82, 2.24) is 15.2 Å². The maximum Gasteiger partial charge on any atom is 0.226 e. The van der Waals surface area contributed by atoms with Crippen LogP contribution in [0.5, 0.6) is 0 Å². The number of hydrogen-bond donors (Lipinski definition) is 1. The van der Waals surface area contributed by atoms with Crippen LogP contribution in [0.15, 0.2) is 54.9 Å². The molecule has 0 radical (unpaired) electrons. The molecule has 0 saturated carbocycles. The predicted molar refractivity (Wildman–Crippen MR) is 86.5 cm³/mol. The minimum atomic E-state index is -0.0698. The Morgan fingerprint density at radius 2 is 1.95 bits per heavy atom. The first-order valence-electron chi connectivity index (χ1n) is 6.89. The molecule has 0 aliphatic carbocycles. The van der Waals surface area contributed by atoms with E-state index >= 15 is 0 Å². The zero-order chi connectivity index (χ0) is 15.2. The summed E-state index contributed by atoms with van der Waals surface area (Å²) < 4.78 is 0. The van der Waals surface area contributed by atoms with Crippen LogP contribution in [-0.4, -0.2) is 21.1 Å². The summed E-state index contributed by atoms with van der Waals surface area (Å²) in [5.41, 5.74) is 2.04. The smallest absolute Gasteiger partial charge is 0.226 e. The van der Waals surface area contributed by atoms with Gasteiger partial charge in [0.1, 0.15) is 5.01 Å². The van der Waals surface area contributed by atoms with E-state index in [0.29, 0.717) is 18.0 Å². The molecule has 6 heteroatoms. The Hall–Kier alpha value is -2.60. The van der Waals surface area contributed by atoms with Gasteiger partial charge in [-0.15, -0.1) is 10.2 Å². The molecule has 5 nitrogen and oxygen atoms in total. The van der Waals surface area contributed by atoms with Gasteiger partial charge in [0.15, 0.2) is 0 Å². The van der Waals surface area contributed by atoms with E-state index in [1.54, 1.807) is 12.4 Å². The second-order valence-electron chi connectivity index (χ2n) is 4.69. The highest BCUT2D eigenvalue weighted by Crippen LogP contribution is 2.25. The predicted octanol–water partition coefficient (Wildman–Crippen LogP) is 3.17. The second kappa shape index (κ2) is 6.91. The summed E-state index contributed by atoms with van der Waals surface area (Å²) in [6.07, 6.45) is 4.54. The fraction of sp³-hybridized carbons (Fsp3) is 0.125. The van der Waals surface area contributed by atoms with E-state index in [-0.39, 0.29) is 5.91 Å². The van der Waals surface area contributed by atoms with Crippen LogP contribution < -0.4 is 5.32 Å². The Bertz CT molecular complexity index is 743. The van der Waals surface area contributed by atoms with Crippen molar-refractivity contribution in [3.8, 4) is 10.6 Å². The van der Waals surface area contributed by atoms with Crippen molar-refractivity contribution in [3.05, 3.63) is 60.4 Å². The number of nitrogens with one attached hydrogen (secondary N) is 1. The number of anilines is 1. The standard InChI is InChI=1S/C16H14N4OS/c21-14(9-8-12-5-4-10-17-11-12)18-16-20-19-15(22-16)13-6-2-1-3-7-13/h1-7,10-11H,8-9H2,(H,18,20,21). The van der Waals surface area contributed by atoms with Crippen molar-refractivity contribution in [2.24, 2.45) is 0 Å². The highest BCUT2D eigenvalue weighted by Gasteiger charge is 2.09. The SMILES string of the molecule is O=C(CCc1cccnc1)Nc1nnc(-c2ccccc2)s1. The number of aryl methyl sites for hydroxylation is 1. The number of hydrogen-bond acceptors (Lipinski definition) is 5. The molecule has 0 unspecified atom stereocenters. The quantitative estimate of drug-likeness (QED) is 0.786. The van der Waals surface area contributed by atoms with Crippen molar-refractivity contribution in [3.63, 3.8) is 0 Å². The summed E-state index contributed by atoms with van der Waals surface area (Å²) in [4.78, 5) is 16.0. The minimum absolute atomic E-state index is 0.0698. The van der Waals surface area contributed by atoms with Crippen molar-refractivity contribution in [2.45, 2.75) is 12.8 Å². The van der Waals surface area contributed by atoms with Gasteiger partial charge in [0, 0.05) is 24.4 Å². The first-order valence-corrected chi connectivity index (χ1v) is 7.70. The molecule has 2 heterocycles. The Balaban J connectivity index is 1.57.